The molecule has 1 aliphatic rings. The van der Waals surface area contributed by atoms with Crippen LogP contribution in [0.15, 0.2) is 55.3 Å². The Bertz CT molecular complexity index is 1600. The van der Waals surface area contributed by atoms with E-state index in [0.717, 1.165) is 40.9 Å². The first kappa shape index (κ1) is 28.1. The van der Waals surface area contributed by atoms with Gasteiger partial charge in [0.1, 0.15) is 11.6 Å². The Morgan fingerprint density at radius 2 is 2.02 bits per heavy atom. The summed E-state index contributed by atoms with van der Waals surface area (Å²) in [5, 5.41) is 6.92. The number of amides is 1. The van der Waals surface area contributed by atoms with E-state index in [9.17, 15) is 9.18 Å². The van der Waals surface area contributed by atoms with Gasteiger partial charge in [0.2, 0.25) is 11.9 Å². The van der Waals surface area contributed by atoms with Gasteiger partial charge in [0.25, 0.3) is 0 Å². The van der Waals surface area contributed by atoms with Gasteiger partial charge >= 0.3 is 0 Å². The first-order valence-corrected chi connectivity index (χ1v) is 13.3. The van der Waals surface area contributed by atoms with Crippen LogP contribution in [0.25, 0.3) is 22.2 Å². The SMILES string of the molecule is C=CC(=O)Nc1cc(Nc2nccc(-c3c4n(c5ccc(F)cc35)CCOC4)n2)c(OC)cc1N(C)CCN(C)C. The van der Waals surface area contributed by atoms with Crippen molar-refractivity contribution in [3.05, 3.63) is 66.8 Å². The number of likely N-dealkylation sites (N-methyl/N-ethyl adjacent to an activating group) is 2. The molecule has 0 aliphatic carbocycles. The van der Waals surface area contributed by atoms with E-state index < -0.39 is 0 Å². The smallest absolute Gasteiger partial charge is 0.247 e. The molecule has 1 amide bonds. The van der Waals surface area contributed by atoms with Gasteiger partial charge in [-0.3, -0.25) is 4.79 Å². The summed E-state index contributed by atoms with van der Waals surface area (Å²) in [6.45, 7) is 6.80. The fourth-order valence-electron chi connectivity index (χ4n) is 4.98. The van der Waals surface area contributed by atoms with Crippen LogP contribution in [0.3, 0.4) is 0 Å². The van der Waals surface area contributed by atoms with Crippen LogP contribution in [0.5, 0.6) is 5.75 Å². The second kappa shape index (κ2) is 11.9. The second-order valence-electron chi connectivity index (χ2n) is 10.1. The molecule has 5 rings (SSSR count). The van der Waals surface area contributed by atoms with Crippen molar-refractivity contribution >= 4 is 39.8 Å². The Kier molecular flexibility index (Phi) is 8.18. The number of hydrogen-bond acceptors (Lipinski definition) is 8. The molecular formula is C30H34FN7O3. The van der Waals surface area contributed by atoms with Crippen molar-refractivity contribution in [3.8, 4) is 17.0 Å². The van der Waals surface area contributed by atoms with Gasteiger partial charge in [0, 0.05) is 55.4 Å². The number of rotatable bonds is 10. The van der Waals surface area contributed by atoms with Crippen LogP contribution in [-0.2, 0) is 22.7 Å². The Labute approximate surface area is 238 Å². The Morgan fingerprint density at radius 3 is 2.78 bits per heavy atom. The highest BCUT2D eigenvalue weighted by Gasteiger charge is 2.23. The number of nitrogens with one attached hydrogen (secondary N) is 2. The van der Waals surface area contributed by atoms with Gasteiger partial charge in [-0.2, -0.15) is 0 Å². The highest BCUT2D eigenvalue weighted by Crippen LogP contribution is 2.39. The molecule has 2 aromatic heterocycles. The summed E-state index contributed by atoms with van der Waals surface area (Å²) >= 11 is 0. The third kappa shape index (κ3) is 5.86. The van der Waals surface area contributed by atoms with Crippen molar-refractivity contribution in [2.45, 2.75) is 13.2 Å². The molecule has 0 bridgehead atoms. The molecule has 0 atom stereocenters. The van der Waals surface area contributed by atoms with E-state index in [4.69, 9.17) is 14.5 Å². The van der Waals surface area contributed by atoms with E-state index >= 15 is 0 Å². The van der Waals surface area contributed by atoms with Gasteiger partial charge in [-0.05, 0) is 50.5 Å². The number of ether oxygens (including phenoxy) is 2. The lowest BCUT2D eigenvalue weighted by Gasteiger charge is -2.26. The van der Waals surface area contributed by atoms with E-state index in [2.05, 4.69) is 31.7 Å². The Hall–Kier alpha value is -4.48. The fraction of sp³-hybridized carbons (Fsp3) is 0.300. The number of carbonyl (C=O) groups excluding carboxylic acids is 1. The van der Waals surface area contributed by atoms with Crippen molar-refractivity contribution in [3.63, 3.8) is 0 Å². The molecule has 10 nitrogen and oxygen atoms in total. The molecule has 11 heteroatoms. The van der Waals surface area contributed by atoms with Gasteiger partial charge in [-0.15, -0.1) is 0 Å². The summed E-state index contributed by atoms with van der Waals surface area (Å²) in [6.07, 6.45) is 2.88. The molecule has 41 heavy (non-hydrogen) atoms. The second-order valence-corrected chi connectivity index (χ2v) is 10.1. The Balaban J connectivity index is 1.54. The number of methoxy groups -OCH3 is 1. The lowest BCUT2D eigenvalue weighted by Crippen LogP contribution is -2.29. The van der Waals surface area contributed by atoms with Gasteiger partial charge in [-0.1, -0.05) is 6.58 Å². The molecule has 0 spiro atoms. The van der Waals surface area contributed by atoms with E-state index in [1.54, 1.807) is 31.5 Å². The molecule has 0 fully saturated rings. The quantitative estimate of drug-likeness (QED) is 0.271. The summed E-state index contributed by atoms with van der Waals surface area (Å²) in [4.78, 5) is 25.7. The Morgan fingerprint density at radius 1 is 1.20 bits per heavy atom. The minimum Gasteiger partial charge on any atom is -0.494 e. The standard InChI is InChI=1S/C30H34FN7O3/c1-6-28(39)33-22-16-23(27(40-5)17-25(22)37(4)12-11-36(2)3)35-30-32-10-9-21(34-30)29-20-15-19(31)7-8-24(20)38-13-14-41-18-26(29)38/h6-10,15-17H,1,11-14,18H2,2-5H3,(H,33,39)(H,32,34,35). The van der Waals surface area contributed by atoms with Crippen LogP contribution >= 0.6 is 0 Å². The largest absolute Gasteiger partial charge is 0.494 e. The normalized spacial score (nSPS) is 12.7. The lowest BCUT2D eigenvalue weighted by molar-refractivity contribution is -0.111. The van der Waals surface area contributed by atoms with E-state index in [0.29, 0.717) is 48.5 Å². The molecule has 0 saturated carbocycles. The maximum Gasteiger partial charge on any atom is 0.247 e. The number of benzene rings is 2. The number of nitrogens with zero attached hydrogens (tertiary/aromatic N) is 5. The first-order chi connectivity index (χ1) is 19.8. The van der Waals surface area contributed by atoms with E-state index in [-0.39, 0.29) is 11.7 Å². The average Bonchev–Trinajstić information content (AvgIpc) is 3.29. The lowest BCUT2D eigenvalue weighted by atomic mass is 10.1. The number of aromatic nitrogens is 3. The molecule has 2 aromatic carbocycles. The van der Waals surface area contributed by atoms with Crippen molar-refractivity contribution in [1.29, 1.82) is 0 Å². The number of carbonyl (C=O) groups is 1. The minimum absolute atomic E-state index is 0.315. The van der Waals surface area contributed by atoms with Crippen LogP contribution < -0.4 is 20.3 Å². The predicted octanol–water partition coefficient (Wildman–Crippen LogP) is 4.64. The maximum absolute atomic E-state index is 14.3. The van der Waals surface area contributed by atoms with E-state index in [1.165, 1.54) is 18.2 Å². The van der Waals surface area contributed by atoms with Crippen LogP contribution in [0.2, 0.25) is 0 Å². The van der Waals surface area contributed by atoms with Crippen molar-refractivity contribution in [1.82, 2.24) is 19.4 Å². The van der Waals surface area contributed by atoms with Crippen LogP contribution in [0.4, 0.5) is 27.4 Å². The number of halogens is 1. The van der Waals surface area contributed by atoms with Crippen molar-refractivity contribution < 1.29 is 18.7 Å². The molecule has 4 aromatic rings. The van der Waals surface area contributed by atoms with E-state index in [1.807, 2.05) is 32.1 Å². The molecule has 2 N–H and O–H groups in total. The zero-order chi connectivity index (χ0) is 29.1. The fourth-order valence-corrected chi connectivity index (χ4v) is 4.98. The zero-order valence-electron chi connectivity index (χ0n) is 23.7. The maximum atomic E-state index is 14.3. The number of anilines is 4. The molecule has 0 unspecified atom stereocenters. The van der Waals surface area contributed by atoms with Crippen LogP contribution in [0, 0.1) is 5.82 Å². The first-order valence-electron chi connectivity index (χ1n) is 13.3. The van der Waals surface area contributed by atoms with Gasteiger partial charge < -0.3 is 34.5 Å². The number of fused-ring (bicyclic) bond motifs is 3. The highest BCUT2D eigenvalue weighted by molar-refractivity contribution is 6.02. The molecule has 1 aliphatic heterocycles. The third-order valence-corrected chi connectivity index (χ3v) is 7.04. The monoisotopic (exact) mass is 559 g/mol. The molecule has 0 saturated heterocycles. The summed E-state index contributed by atoms with van der Waals surface area (Å²) < 4.78 is 28.0. The summed E-state index contributed by atoms with van der Waals surface area (Å²) in [7, 11) is 7.55. The van der Waals surface area contributed by atoms with Crippen molar-refractivity contribution in [2.75, 3.05) is 63.5 Å². The molecule has 0 radical (unpaired) electrons. The predicted molar refractivity (Wildman–Crippen MR) is 160 cm³/mol. The van der Waals surface area contributed by atoms with Crippen LogP contribution in [-0.4, -0.2) is 73.3 Å². The zero-order valence-corrected chi connectivity index (χ0v) is 23.7. The summed E-state index contributed by atoms with van der Waals surface area (Å²) in [6, 6.07) is 10.3. The molecule has 3 heterocycles. The topological polar surface area (TPSA) is 96.8 Å². The summed E-state index contributed by atoms with van der Waals surface area (Å²) in [5.41, 5.74) is 5.25. The highest BCUT2D eigenvalue weighted by atomic mass is 19.1. The third-order valence-electron chi connectivity index (χ3n) is 7.04. The van der Waals surface area contributed by atoms with Gasteiger partial charge in [0.05, 0.1) is 48.8 Å². The average molecular weight is 560 g/mol. The molecule has 214 valence electrons. The summed E-state index contributed by atoms with van der Waals surface area (Å²) in [5.74, 6) is 0.215. The number of hydrogen-bond donors (Lipinski definition) is 2. The van der Waals surface area contributed by atoms with Gasteiger partial charge in [-0.25, -0.2) is 14.4 Å². The minimum atomic E-state index is -0.332. The van der Waals surface area contributed by atoms with Crippen LogP contribution in [0.1, 0.15) is 5.69 Å². The molecular weight excluding hydrogens is 525 g/mol. The van der Waals surface area contributed by atoms with Gasteiger partial charge in [0.15, 0.2) is 0 Å². The van der Waals surface area contributed by atoms with Crippen molar-refractivity contribution in [2.24, 2.45) is 0 Å².